The number of aryl methyl sites for hydroxylation is 1. The van der Waals surface area contributed by atoms with Crippen LogP contribution in [-0.4, -0.2) is 34.1 Å². The summed E-state index contributed by atoms with van der Waals surface area (Å²) in [5.74, 6) is -0.363. The van der Waals surface area contributed by atoms with Gasteiger partial charge in [0.05, 0.1) is 11.5 Å². The highest BCUT2D eigenvalue weighted by Crippen LogP contribution is 2.13. The van der Waals surface area contributed by atoms with Crippen LogP contribution in [0.5, 0.6) is 0 Å². The zero-order valence-corrected chi connectivity index (χ0v) is 12.0. The molecule has 1 unspecified atom stereocenters. The van der Waals surface area contributed by atoms with E-state index in [0.717, 1.165) is 0 Å². The lowest BCUT2D eigenvalue weighted by molar-refractivity contribution is 0.0905. The first-order valence-electron chi connectivity index (χ1n) is 5.68. The minimum Gasteiger partial charge on any atom is -0.383 e. The Morgan fingerprint density at radius 2 is 2.05 bits per heavy atom. The second-order valence-electron chi connectivity index (χ2n) is 4.41. The van der Waals surface area contributed by atoms with Gasteiger partial charge in [-0.3, -0.25) is 4.79 Å². The Morgan fingerprint density at radius 1 is 1.42 bits per heavy atom. The Morgan fingerprint density at radius 3 is 2.58 bits per heavy atom. The number of carbonyl (C=O) groups is 1. The number of amides is 1. The molecule has 1 aromatic carbocycles. The molecule has 0 aliphatic heterocycles. The molecule has 0 aliphatic rings. The smallest absolute Gasteiger partial charge is 0.251 e. The van der Waals surface area contributed by atoms with E-state index in [1.165, 1.54) is 19.2 Å². The number of hydrogen-bond acceptors (Lipinski definition) is 4. The van der Waals surface area contributed by atoms with Gasteiger partial charge in [0.2, 0.25) is 10.0 Å². The highest BCUT2D eigenvalue weighted by Gasteiger charge is 2.15. The monoisotopic (exact) mass is 286 g/mol. The van der Waals surface area contributed by atoms with Gasteiger partial charge in [-0.25, -0.2) is 13.6 Å². The third-order valence-electron chi connectivity index (χ3n) is 2.44. The van der Waals surface area contributed by atoms with Crippen LogP contribution in [0.3, 0.4) is 0 Å². The summed E-state index contributed by atoms with van der Waals surface area (Å²) in [7, 11) is -2.29. The highest BCUT2D eigenvalue weighted by molar-refractivity contribution is 7.89. The van der Waals surface area contributed by atoms with E-state index in [1.807, 2.05) is 0 Å². The second kappa shape index (κ2) is 6.14. The summed E-state index contributed by atoms with van der Waals surface area (Å²) in [6, 6.07) is 4.11. The molecule has 1 atom stereocenters. The number of hydrogen-bond donors (Lipinski definition) is 2. The van der Waals surface area contributed by atoms with Crippen molar-refractivity contribution in [3.8, 4) is 0 Å². The molecule has 0 saturated heterocycles. The molecule has 0 spiro atoms. The maximum absolute atomic E-state index is 12.0. The van der Waals surface area contributed by atoms with Gasteiger partial charge in [-0.1, -0.05) is 0 Å². The Balaban J connectivity index is 3.01. The van der Waals surface area contributed by atoms with Gasteiger partial charge >= 0.3 is 0 Å². The van der Waals surface area contributed by atoms with Crippen molar-refractivity contribution in [2.45, 2.75) is 24.8 Å². The van der Waals surface area contributed by atoms with Crippen LogP contribution in [0.2, 0.25) is 0 Å². The molecule has 0 fully saturated rings. The van der Waals surface area contributed by atoms with Crippen molar-refractivity contribution in [1.29, 1.82) is 0 Å². The predicted octanol–water partition coefficient (Wildman–Crippen LogP) is 0.407. The average molecular weight is 286 g/mol. The number of rotatable bonds is 5. The molecule has 1 aromatic rings. The van der Waals surface area contributed by atoms with Gasteiger partial charge in [0.1, 0.15) is 0 Å². The molecule has 0 aliphatic carbocycles. The number of ether oxygens (including phenoxy) is 1. The Kier molecular flexibility index (Phi) is 5.04. The van der Waals surface area contributed by atoms with E-state index in [1.54, 1.807) is 19.9 Å². The van der Waals surface area contributed by atoms with Gasteiger partial charge in [-0.05, 0) is 37.6 Å². The van der Waals surface area contributed by atoms with Crippen molar-refractivity contribution in [3.63, 3.8) is 0 Å². The second-order valence-corrected chi connectivity index (χ2v) is 5.97. The van der Waals surface area contributed by atoms with Crippen LogP contribution in [0.15, 0.2) is 23.1 Å². The molecule has 0 heterocycles. The van der Waals surface area contributed by atoms with E-state index in [9.17, 15) is 13.2 Å². The van der Waals surface area contributed by atoms with Crippen LogP contribution < -0.4 is 10.5 Å². The Labute approximate surface area is 113 Å². The van der Waals surface area contributed by atoms with Gasteiger partial charge < -0.3 is 10.1 Å². The van der Waals surface area contributed by atoms with Crippen LogP contribution in [0.1, 0.15) is 22.8 Å². The lowest BCUT2D eigenvalue weighted by atomic mass is 10.1. The van der Waals surface area contributed by atoms with Crippen LogP contribution in [0, 0.1) is 6.92 Å². The van der Waals surface area contributed by atoms with Gasteiger partial charge in [-0.15, -0.1) is 0 Å². The number of sulfonamides is 1. The van der Waals surface area contributed by atoms with E-state index in [2.05, 4.69) is 5.32 Å². The minimum atomic E-state index is -3.82. The molecule has 3 N–H and O–H groups in total. The molecule has 106 valence electrons. The SMILES string of the molecule is COCC(C)NC(=O)c1cc(C)cc(S(N)(=O)=O)c1. The number of methoxy groups -OCH3 is 1. The lowest BCUT2D eigenvalue weighted by Crippen LogP contribution is -2.35. The number of carbonyl (C=O) groups excluding carboxylic acids is 1. The summed E-state index contributed by atoms with van der Waals surface area (Å²) in [5.41, 5.74) is 0.906. The number of nitrogens with one attached hydrogen (secondary N) is 1. The fourth-order valence-corrected chi connectivity index (χ4v) is 2.28. The first kappa shape index (κ1) is 15.6. The highest BCUT2D eigenvalue weighted by atomic mass is 32.2. The summed E-state index contributed by atoms with van der Waals surface area (Å²) in [6.07, 6.45) is 0. The third kappa shape index (κ3) is 4.62. The molecule has 6 nitrogen and oxygen atoms in total. The van der Waals surface area contributed by atoms with E-state index < -0.39 is 10.0 Å². The van der Waals surface area contributed by atoms with Crippen molar-refractivity contribution >= 4 is 15.9 Å². The Bertz CT molecular complexity index is 569. The van der Waals surface area contributed by atoms with Gasteiger partial charge in [0.15, 0.2) is 0 Å². The topological polar surface area (TPSA) is 98.5 Å². The summed E-state index contributed by atoms with van der Waals surface area (Å²) in [5, 5.41) is 7.77. The number of benzene rings is 1. The standard InChI is InChI=1S/C12H18N2O4S/c1-8-4-10(6-11(5-8)19(13,16)17)12(15)14-9(2)7-18-3/h4-6,9H,7H2,1-3H3,(H,14,15)(H2,13,16,17). The fraction of sp³-hybridized carbons (Fsp3) is 0.417. The van der Waals surface area contributed by atoms with E-state index in [4.69, 9.17) is 9.88 Å². The van der Waals surface area contributed by atoms with Crippen LogP contribution in [0.4, 0.5) is 0 Å². The largest absolute Gasteiger partial charge is 0.383 e. The summed E-state index contributed by atoms with van der Waals surface area (Å²) in [6.45, 7) is 3.86. The maximum atomic E-state index is 12.0. The minimum absolute atomic E-state index is 0.0722. The molecule has 7 heteroatoms. The predicted molar refractivity (Wildman–Crippen MR) is 71.4 cm³/mol. The molecular formula is C12H18N2O4S. The Hall–Kier alpha value is -1.44. The van der Waals surface area contributed by atoms with E-state index in [0.29, 0.717) is 12.2 Å². The molecule has 0 bridgehead atoms. The summed E-state index contributed by atoms with van der Waals surface area (Å²) < 4.78 is 27.5. The van der Waals surface area contributed by atoms with Gasteiger partial charge in [0, 0.05) is 18.7 Å². The maximum Gasteiger partial charge on any atom is 0.251 e. The number of nitrogens with two attached hydrogens (primary N) is 1. The zero-order chi connectivity index (χ0) is 14.6. The van der Waals surface area contributed by atoms with Crippen LogP contribution >= 0.6 is 0 Å². The molecule has 1 amide bonds. The average Bonchev–Trinajstić information content (AvgIpc) is 2.27. The van der Waals surface area contributed by atoms with E-state index >= 15 is 0 Å². The zero-order valence-electron chi connectivity index (χ0n) is 11.1. The molecule has 0 radical (unpaired) electrons. The van der Waals surface area contributed by atoms with Crippen molar-refractivity contribution in [2.75, 3.05) is 13.7 Å². The quantitative estimate of drug-likeness (QED) is 0.819. The summed E-state index contributed by atoms with van der Waals surface area (Å²) >= 11 is 0. The van der Waals surface area contributed by atoms with Crippen molar-refractivity contribution in [1.82, 2.24) is 5.32 Å². The molecule has 0 saturated carbocycles. The third-order valence-corrected chi connectivity index (χ3v) is 3.33. The fourth-order valence-electron chi connectivity index (χ4n) is 1.64. The number of primary sulfonamides is 1. The van der Waals surface area contributed by atoms with E-state index in [-0.39, 0.29) is 22.4 Å². The first-order chi connectivity index (χ1) is 8.74. The van der Waals surface area contributed by atoms with Crippen molar-refractivity contribution in [3.05, 3.63) is 29.3 Å². The van der Waals surface area contributed by atoms with Crippen LogP contribution in [-0.2, 0) is 14.8 Å². The van der Waals surface area contributed by atoms with Crippen molar-refractivity contribution in [2.24, 2.45) is 5.14 Å². The van der Waals surface area contributed by atoms with Crippen LogP contribution in [0.25, 0.3) is 0 Å². The van der Waals surface area contributed by atoms with Crippen molar-refractivity contribution < 1.29 is 17.9 Å². The lowest BCUT2D eigenvalue weighted by Gasteiger charge is -2.13. The summed E-state index contributed by atoms with van der Waals surface area (Å²) in [4.78, 5) is 11.9. The van der Waals surface area contributed by atoms with Gasteiger partial charge in [-0.2, -0.15) is 0 Å². The normalized spacial score (nSPS) is 13.1. The molecular weight excluding hydrogens is 268 g/mol. The first-order valence-corrected chi connectivity index (χ1v) is 7.23. The molecule has 19 heavy (non-hydrogen) atoms. The molecule has 0 aromatic heterocycles. The van der Waals surface area contributed by atoms with Gasteiger partial charge in [0.25, 0.3) is 5.91 Å². The molecule has 1 rings (SSSR count).